The summed E-state index contributed by atoms with van der Waals surface area (Å²) in [6.07, 6.45) is 1.78. The van der Waals surface area contributed by atoms with Gasteiger partial charge >= 0.3 is 0 Å². The zero-order valence-electron chi connectivity index (χ0n) is 16.2. The summed E-state index contributed by atoms with van der Waals surface area (Å²) < 4.78 is 0. The standard InChI is InChI=1S/C21H23N5OS/c1-4-26-16-10-9-13-7-5-6-8-15(13)18(16)21(2,3)17(26)11-14(27)12-28-20-23-19(22)24-25-20/h5-11H,4,12H2,1-3H3,(H3,22,23,24,25)/b17-11+. The number of benzene rings is 2. The lowest BCUT2D eigenvalue weighted by atomic mass is 9.81. The van der Waals surface area contributed by atoms with Gasteiger partial charge in [0.1, 0.15) is 0 Å². The van der Waals surface area contributed by atoms with Crippen molar-refractivity contribution >= 4 is 40.0 Å². The number of nitrogens with two attached hydrogens (primary N) is 1. The Morgan fingerprint density at radius 2 is 2.07 bits per heavy atom. The predicted octanol–water partition coefficient (Wildman–Crippen LogP) is 3.90. The SMILES string of the molecule is CCN1/C(=C/C(=O)CSc2n[nH]c(N)n2)C(C)(C)c2c1ccc1ccccc21. The summed E-state index contributed by atoms with van der Waals surface area (Å²) in [4.78, 5) is 19.0. The van der Waals surface area contributed by atoms with Gasteiger partial charge in [-0.05, 0) is 29.3 Å². The summed E-state index contributed by atoms with van der Waals surface area (Å²) in [5, 5.41) is 9.49. The highest BCUT2D eigenvalue weighted by atomic mass is 32.2. The molecule has 2 aromatic carbocycles. The molecule has 0 radical (unpaired) electrons. The minimum atomic E-state index is -0.262. The van der Waals surface area contributed by atoms with E-state index >= 15 is 0 Å². The molecule has 0 aliphatic carbocycles. The number of thioether (sulfide) groups is 1. The van der Waals surface area contributed by atoms with E-state index in [0.717, 1.165) is 12.2 Å². The second-order valence-corrected chi connectivity index (χ2v) is 8.28. The Morgan fingerprint density at radius 3 is 2.79 bits per heavy atom. The van der Waals surface area contributed by atoms with Crippen LogP contribution in [0.3, 0.4) is 0 Å². The highest BCUT2D eigenvalue weighted by Crippen LogP contribution is 2.50. The second kappa shape index (κ2) is 6.98. The molecule has 3 aromatic rings. The van der Waals surface area contributed by atoms with E-state index in [-0.39, 0.29) is 22.9 Å². The number of nitrogens with one attached hydrogen (secondary N) is 1. The van der Waals surface area contributed by atoms with Crippen molar-refractivity contribution in [3.8, 4) is 0 Å². The molecule has 0 unspecified atom stereocenters. The lowest BCUT2D eigenvalue weighted by Crippen LogP contribution is -2.27. The lowest BCUT2D eigenvalue weighted by Gasteiger charge is -2.26. The fraction of sp³-hybridized carbons (Fsp3) is 0.286. The van der Waals surface area contributed by atoms with Crippen molar-refractivity contribution < 1.29 is 4.79 Å². The number of fused-ring (bicyclic) bond motifs is 3. The van der Waals surface area contributed by atoms with E-state index in [1.54, 1.807) is 6.08 Å². The smallest absolute Gasteiger partial charge is 0.216 e. The number of nitrogens with zero attached hydrogens (tertiary/aromatic N) is 3. The van der Waals surface area contributed by atoms with Crippen LogP contribution in [0.2, 0.25) is 0 Å². The number of hydrogen-bond acceptors (Lipinski definition) is 6. The van der Waals surface area contributed by atoms with Gasteiger partial charge in [0, 0.05) is 29.4 Å². The zero-order valence-corrected chi connectivity index (χ0v) is 17.0. The molecule has 1 aromatic heterocycles. The number of anilines is 2. The number of aromatic amines is 1. The van der Waals surface area contributed by atoms with Crippen molar-refractivity contribution in [2.45, 2.75) is 31.3 Å². The molecule has 0 saturated heterocycles. The Kier molecular flexibility index (Phi) is 4.63. The van der Waals surface area contributed by atoms with Gasteiger partial charge in [-0.15, -0.1) is 5.10 Å². The fourth-order valence-corrected chi connectivity index (χ4v) is 4.62. The lowest BCUT2D eigenvalue weighted by molar-refractivity contribution is -0.112. The Morgan fingerprint density at radius 1 is 1.29 bits per heavy atom. The van der Waals surface area contributed by atoms with Crippen LogP contribution in [0.25, 0.3) is 10.8 Å². The summed E-state index contributed by atoms with van der Waals surface area (Å²) in [6.45, 7) is 7.30. The molecule has 0 amide bonds. The molecule has 3 N–H and O–H groups in total. The first-order valence-corrected chi connectivity index (χ1v) is 10.3. The molecule has 144 valence electrons. The quantitative estimate of drug-likeness (QED) is 0.505. The maximum atomic E-state index is 12.7. The number of aromatic nitrogens is 3. The Hall–Kier alpha value is -2.80. The molecule has 6 nitrogen and oxygen atoms in total. The van der Waals surface area contributed by atoms with E-state index < -0.39 is 0 Å². The first kappa shape index (κ1) is 18.6. The second-order valence-electron chi connectivity index (χ2n) is 7.34. The molecule has 4 rings (SSSR count). The van der Waals surface area contributed by atoms with Gasteiger partial charge in [-0.1, -0.05) is 55.9 Å². The summed E-state index contributed by atoms with van der Waals surface area (Å²) in [5.41, 5.74) is 8.76. The van der Waals surface area contributed by atoms with E-state index in [1.807, 2.05) is 0 Å². The third kappa shape index (κ3) is 3.05. The zero-order chi connectivity index (χ0) is 19.9. The van der Waals surface area contributed by atoms with Crippen molar-refractivity contribution in [2.75, 3.05) is 22.9 Å². The normalized spacial score (nSPS) is 16.7. The monoisotopic (exact) mass is 393 g/mol. The van der Waals surface area contributed by atoms with Crippen LogP contribution in [0.4, 0.5) is 11.6 Å². The molecule has 2 heterocycles. The van der Waals surface area contributed by atoms with Gasteiger partial charge in [-0.2, -0.15) is 4.98 Å². The molecule has 0 saturated carbocycles. The van der Waals surface area contributed by atoms with E-state index in [2.05, 4.69) is 77.3 Å². The molecule has 0 bridgehead atoms. The molecule has 1 aliphatic heterocycles. The molecular formula is C21H23N5OS. The van der Waals surface area contributed by atoms with Gasteiger partial charge in [-0.25, -0.2) is 5.10 Å². The molecule has 0 atom stereocenters. The summed E-state index contributed by atoms with van der Waals surface area (Å²) in [7, 11) is 0. The molecular weight excluding hydrogens is 370 g/mol. The van der Waals surface area contributed by atoms with Crippen molar-refractivity contribution in [3.63, 3.8) is 0 Å². The number of allylic oxidation sites excluding steroid dienone is 2. The number of carbonyl (C=O) groups excluding carboxylic acids is 1. The van der Waals surface area contributed by atoms with Gasteiger partial charge in [0.2, 0.25) is 11.1 Å². The number of hydrogen-bond donors (Lipinski definition) is 2. The van der Waals surface area contributed by atoms with Crippen LogP contribution in [0.15, 0.2) is 53.3 Å². The van der Waals surface area contributed by atoms with Crippen molar-refractivity contribution in [3.05, 3.63) is 53.7 Å². The van der Waals surface area contributed by atoms with Crippen LogP contribution in [0.1, 0.15) is 26.3 Å². The largest absolute Gasteiger partial charge is 0.368 e. The van der Waals surface area contributed by atoms with Gasteiger partial charge in [-0.3, -0.25) is 4.79 Å². The van der Waals surface area contributed by atoms with Crippen LogP contribution >= 0.6 is 11.8 Å². The van der Waals surface area contributed by atoms with Gasteiger partial charge in [0.15, 0.2) is 5.78 Å². The van der Waals surface area contributed by atoms with E-state index in [4.69, 9.17) is 5.73 Å². The minimum Gasteiger partial charge on any atom is -0.368 e. The Bertz CT molecular complexity index is 1090. The summed E-state index contributed by atoms with van der Waals surface area (Å²) >= 11 is 1.28. The number of ketones is 1. The van der Waals surface area contributed by atoms with E-state index in [9.17, 15) is 4.79 Å². The van der Waals surface area contributed by atoms with Gasteiger partial charge in [0.05, 0.1) is 5.75 Å². The van der Waals surface area contributed by atoms with Gasteiger partial charge in [0.25, 0.3) is 0 Å². The van der Waals surface area contributed by atoms with Crippen LogP contribution in [0.5, 0.6) is 0 Å². The molecule has 28 heavy (non-hydrogen) atoms. The third-order valence-corrected chi connectivity index (χ3v) is 6.06. The van der Waals surface area contributed by atoms with Crippen molar-refractivity contribution in [2.24, 2.45) is 0 Å². The molecule has 1 aliphatic rings. The van der Waals surface area contributed by atoms with E-state index in [1.165, 1.54) is 33.8 Å². The van der Waals surface area contributed by atoms with Crippen molar-refractivity contribution in [1.82, 2.24) is 15.2 Å². The summed E-state index contributed by atoms with van der Waals surface area (Å²) in [6, 6.07) is 12.7. The van der Waals surface area contributed by atoms with Crippen LogP contribution < -0.4 is 10.6 Å². The highest BCUT2D eigenvalue weighted by molar-refractivity contribution is 7.99. The molecule has 0 fully saturated rings. The number of rotatable bonds is 5. The maximum Gasteiger partial charge on any atom is 0.216 e. The number of likely N-dealkylation sites (N-methyl/N-ethyl adjacent to an activating group) is 1. The first-order chi connectivity index (χ1) is 13.4. The predicted molar refractivity (Wildman–Crippen MR) is 115 cm³/mol. The maximum absolute atomic E-state index is 12.7. The number of H-pyrrole nitrogens is 1. The van der Waals surface area contributed by atoms with Gasteiger partial charge < -0.3 is 10.6 Å². The average molecular weight is 394 g/mol. The third-order valence-electron chi connectivity index (χ3n) is 5.19. The van der Waals surface area contributed by atoms with Crippen molar-refractivity contribution in [1.29, 1.82) is 0 Å². The molecule has 7 heteroatoms. The van der Waals surface area contributed by atoms with Crippen LogP contribution in [0, 0.1) is 0 Å². The number of nitrogen functional groups attached to an aromatic ring is 1. The molecule has 0 spiro atoms. The van der Waals surface area contributed by atoms with Crippen LogP contribution in [-0.2, 0) is 10.2 Å². The average Bonchev–Trinajstić information content (AvgIpc) is 3.19. The summed E-state index contributed by atoms with van der Waals surface area (Å²) in [5.74, 6) is 0.558. The van der Waals surface area contributed by atoms with E-state index in [0.29, 0.717) is 5.16 Å². The Labute approximate surface area is 168 Å². The first-order valence-electron chi connectivity index (χ1n) is 9.27. The Balaban J connectivity index is 1.69. The van der Waals surface area contributed by atoms with Crippen LogP contribution in [-0.4, -0.2) is 33.3 Å². The minimum absolute atomic E-state index is 0.0343. The highest BCUT2D eigenvalue weighted by Gasteiger charge is 2.41. The number of carbonyl (C=O) groups is 1. The fourth-order valence-electron chi connectivity index (χ4n) is 3.99. The topological polar surface area (TPSA) is 87.9 Å².